The molecule has 6 nitrogen and oxygen atoms in total. The predicted molar refractivity (Wildman–Crippen MR) is 116 cm³/mol. The molecule has 0 radical (unpaired) electrons. The summed E-state index contributed by atoms with van der Waals surface area (Å²) in [5.41, 5.74) is 1.29. The summed E-state index contributed by atoms with van der Waals surface area (Å²) >= 11 is 1.44. The van der Waals surface area contributed by atoms with E-state index in [2.05, 4.69) is 41.5 Å². The molecule has 0 bridgehead atoms. The topological polar surface area (TPSA) is 69.0 Å². The van der Waals surface area contributed by atoms with Crippen LogP contribution in [0.2, 0.25) is 0 Å². The highest BCUT2D eigenvalue weighted by atomic mass is 32.2. The fourth-order valence-electron chi connectivity index (χ4n) is 3.64. The Morgan fingerprint density at radius 1 is 1.14 bits per heavy atom. The largest absolute Gasteiger partial charge is 0.486 e. The Morgan fingerprint density at radius 3 is 2.52 bits per heavy atom. The molecule has 7 heteroatoms. The summed E-state index contributed by atoms with van der Waals surface area (Å²) in [6, 6.07) is 8.46. The Hall–Kier alpha value is -2.02. The summed E-state index contributed by atoms with van der Waals surface area (Å²) in [6.45, 7) is 5.29. The Morgan fingerprint density at radius 2 is 1.86 bits per heavy atom. The molecule has 0 saturated heterocycles. The third-order valence-corrected chi connectivity index (χ3v) is 6.33. The van der Waals surface area contributed by atoms with Crippen LogP contribution < -0.4 is 10.1 Å². The van der Waals surface area contributed by atoms with Crippen molar-refractivity contribution in [2.45, 2.75) is 83.1 Å². The van der Waals surface area contributed by atoms with Gasteiger partial charge in [0.05, 0.1) is 5.75 Å². The summed E-state index contributed by atoms with van der Waals surface area (Å²) < 4.78 is 7.89. The third-order valence-electron chi connectivity index (χ3n) is 5.36. The molecule has 1 saturated carbocycles. The van der Waals surface area contributed by atoms with Crippen molar-refractivity contribution in [3.63, 3.8) is 0 Å². The summed E-state index contributed by atoms with van der Waals surface area (Å²) in [5.74, 6) is 2.05. The van der Waals surface area contributed by atoms with Gasteiger partial charge in [-0.25, -0.2) is 0 Å². The van der Waals surface area contributed by atoms with Gasteiger partial charge in [-0.05, 0) is 43.9 Å². The molecule has 1 N–H and O–H groups in total. The molecule has 1 aliphatic rings. The van der Waals surface area contributed by atoms with Crippen molar-refractivity contribution in [2.75, 3.05) is 5.75 Å². The van der Waals surface area contributed by atoms with Gasteiger partial charge in [0, 0.05) is 12.6 Å². The zero-order valence-electron chi connectivity index (χ0n) is 17.5. The predicted octanol–water partition coefficient (Wildman–Crippen LogP) is 4.37. The number of carbonyl (C=O) groups is 1. The molecule has 3 rings (SSSR count). The number of carbonyl (C=O) groups excluding carboxylic acids is 1. The molecule has 1 aromatic heterocycles. The number of nitrogens with zero attached hydrogens (tertiary/aromatic N) is 3. The van der Waals surface area contributed by atoms with Crippen LogP contribution >= 0.6 is 11.8 Å². The van der Waals surface area contributed by atoms with Crippen molar-refractivity contribution < 1.29 is 9.53 Å². The zero-order valence-corrected chi connectivity index (χ0v) is 18.3. The van der Waals surface area contributed by atoms with E-state index in [1.165, 1.54) is 43.0 Å². The molecule has 1 heterocycles. The van der Waals surface area contributed by atoms with E-state index in [0.717, 1.165) is 42.5 Å². The number of aromatic nitrogens is 3. The van der Waals surface area contributed by atoms with Crippen molar-refractivity contribution >= 4 is 17.7 Å². The van der Waals surface area contributed by atoms with E-state index in [-0.39, 0.29) is 5.91 Å². The van der Waals surface area contributed by atoms with Crippen LogP contribution in [-0.4, -0.2) is 32.5 Å². The second-order valence-corrected chi connectivity index (χ2v) is 8.42. The Kier molecular flexibility index (Phi) is 8.40. The number of nitrogens with one attached hydrogen (secondary N) is 1. The quantitative estimate of drug-likeness (QED) is 0.486. The molecule has 0 spiro atoms. The van der Waals surface area contributed by atoms with Crippen molar-refractivity contribution in [3.05, 3.63) is 35.7 Å². The van der Waals surface area contributed by atoms with Gasteiger partial charge in [-0.1, -0.05) is 56.5 Å². The minimum atomic E-state index is 0.0846. The molecule has 2 aromatic rings. The van der Waals surface area contributed by atoms with Gasteiger partial charge in [0.1, 0.15) is 12.4 Å². The molecule has 0 unspecified atom stereocenters. The number of ether oxygens (including phenoxy) is 1. The molecule has 1 amide bonds. The van der Waals surface area contributed by atoms with Crippen LogP contribution in [-0.2, 0) is 24.4 Å². The highest BCUT2D eigenvalue weighted by Crippen LogP contribution is 2.20. The van der Waals surface area contributed by atoms with Gasteiger partial charge in [-0.15, -0.1) is 10.2 Å². The summed E-state index contributed by atoms with van der Waals surface area (Å²) in [4.78, 5) is 12.4. The first kappa shape index (κ1) is 21.7. The smallest absolute Gasteiger partial charge is 0.230 e. The van der Waals surface area contributed by atoms with Crippen LogP contribution in [0.15, 0.2) is 29.4 Å². The van der Waals surface area contributed by atoms with Crippen molar-refractivity contribution in [3.8, 4) is 5.75 Å². The van der Waals surface area contributed by atoms with Gasteiger partial charge in [0.15, 0.2) is 11.0 Å². The molecule has 1 aliphatic carbocycles. The van der Waals surface area contributed by atoms with E-state index in [0.29, 0.717) is 18.4 Å². The van der Waals surface area contributed by atoms with Crippen LogP contribution in [0.5, 0.6) is 5.75 Å². The molecule has 1 fully saturated rings. The minimum Gasteiger partial charge on any atom is -0.486 e. The first-order valence-electron chi connectivity index (χ1n) is 10.8. The van der Waals surface area contributed by atoms with Gasteiger partial charge < -0.3 is 14.6 Å². The molecule has 29 heavy (non-hydrogen) atoms. The van der Waals surface area contributed by atoms with Crippen LogP contribution in [0.25, 0.3) is 0 Å². The SMILES string of the molecule is CCc1ccc(OCc2nnc(SCC(=O)NC3CCCCCC3)n2CC)cc1. The van der Waals surface area contributed by atoms with Crippen molar-refractivity contribution in [2.24, 2.45) is 0 Å². The minimum absolute atomic E-state index is 0.0846. The van der Waals surface area contributed by atoms with E-state index in [9.17, 15) is 4.79 Å². The normalized spacial score (nSPS) is 15.1. The van der Waals surface area contributed by atoms with Gasteiger partial charge in [-0.2, -0.15) is 0 Å². The van der Waals surface area contributed by atoms with E-state index in [4.69, 9.17) is 4.74 Å². The van der Waals surface area contributed by atoms with Crippen LogP contribution in [0.1, 0.15) is 63.8 Å². The van der Waals surface area contributed by atoms with E-state index in [1.807, 2.05) is 16.7 Å². The van der Waals surface area contributed by atoms with Crippen LogP contribution in [0.3, 0.4) is 0 Å². The number of aryl methyl sites for hydroxylation is 1. The average molecular weight is 417 g/mol. The zero-order chi connectivity index (χ0) is 20.5. The lowest BCUT2D eigenvalue weighted by atomic mass is 10.1. The number of benzene rings is 1. The van der Waals surface area contributed by atoms with Crippen molar-refractivity contribution in [1.29, 1.82) is 0 Å². The maximum Gasteiger partial charge on any atom is 0.230 e. The summed E-state index contributed by atoms with van der Waals surface area (Å²) in [5, 5.41) is 12.5. The molecule has 0 aliphatic heterocycles. The Bertz CT molecular complexity index is 768. The number of hydrogen-bond donors (Lipinski definition) is 1. The first-order chi connectivity index (χ1) is 14.2. The van der Waals surface area contributed by atoms with Crippen molar-refractivity contribution in [1.82, 2.24) is 20.1 Å². The summed E-state index contributed by atoms with van der Waals surface area (Å²) in [7, 11) is 0. The van der Waals surface area contributed by atoms with Gasteiger partial charge in [0.2, 0.25) is 5.91 Å². The Balaban J connectivity index is 1.50. The highest BCUT2D eigenvalue weighted by molar-refractivity contribution is 7.99. The maximum absolute atomic E-state index is 12.4. The molecular formula is C22H32N4O2S. The lowest BCUT2D eigenvalue weighted by Crippen LogP contribution is -2.35. The highest BCUT2D eigenvalue weighted by Gasteiger charge is 2.17. The van der Waals surface area contributed by atoms with E-state index in [1.54, 1.807) is 0 Å². The molecule has 1 aromatic carbocycles. The third kappa shape index (κ3) is 6.49. The molecule has 158 valence electrons. The number of rotatable bonds is 9. The second-order valence-electron chi connectivity index (χ2n) is 7.47. The molecular weight excluding hydrogens is 384 g/mol. The second kappa shape index (κ2) is 11.2. The van der Waals surface area contributed by atoms with Crippen LogP contribution in [0, 0.1) is 0 Å². The van der Waals surface area contributed by atoms with Gasteiger partial charge >= 0.3 is 0 Å². The first-order valence-corrected chi connectivity index (χ1v) is 11.7. The number of amides is 1. The fraction of sp³-hybridized carbons (Fsp3) is 0.591. The monoisotopic (exact) mass is 416 g/mol. The maximum atomic E-state index is 12.4. The van der Waals surface area contributed by atoms with E-state index >= 15 is 0 Å². The van der Waals surface area contributed by atoms with Gasteiger partial charge in [-0.3, -0.25) is 4.79 Å². The summed E-state index contributed by atoms with van der Waals surface area (Å²) in [6.07, 6.45) is 8.21. The average Bonchev–Trinajstić information content (AvgIpc) is 2.96. The lowest BCUT2D eigenvalue weighted by molar-refractivity contribution is -0.119. The Labute approximate surface area is 177 Å². The molecule has 0 atom stereocenters. The van der Waals surface area contributed by atoms with E-state index < -0.39 is 0 Å². The number of hydrogen-bond acceptors (Lipinski definition) is 5. The lowest BCUT2D eigenvalue weighted by Gasteiger charge is -2.16. The number of thioether (sulfide) groups is 1. The van der Waals surface area contributed by atoms with Crippen LogP contribution in [0.4, 0.5) is 0 Å². The fourth-order valence-corrected chi connectivity index (χ4v) is 4.48. The standard InChI is InChI=1S/C22H32N4O2S/c1-3-17-11-13-19(14-12-17)28-15-20-24-25-22(26(20)4-2)29-16-21(27)23-18-9-7-5-6-8-10-18/h11-14,18H,3-10,15-16H2,1-2H3,(H,23,27). The van der Waals surface area contributed by atoms with Gasteiger partial charge in [0.25, 0.3) is 0 Å².